The molecule has 0 unspecified atom stereocenters. The molecule has 0 radical (unpaired) electrons. The van der Waals surface area contributed by atoms with E-state index >= 15 is 0 Å². The third-order valence-corrected chi connectivity index (χ3v) is 16.8. The summed E-state index contributed by atoms with van der Waals surface area (Å²) in [5.41, 5.74) is 13.3. The molecule has 0 amide bonds. The van der Waals surface area contributed by atoms with Crippen LogP contribution < -0.4 is 10.0 Å². The van der Waals surface area contributed by atoms with Crippen molar-refractivity contribution >= 4 is 89.2 Å². The highest BCUT2D eigenvalue weighted by Crippen LogP contribution is 2.43. The largest absolute Gasteiger partial charge is 0.422 e. The maximum Gasteiger partial charge on any atom is 0.341 e. The number of hydrogen-bond donors (Lipinski definition) is 0. The summed E-state index contributed by atoms with van der Waals surface area (Å²) < 4.78 is 12.6. The van der Waals surface area contributed by atoms with E-state index in [0.29, 0.717) is 17.5 Å². The van der Waals surface area contributed by atoms with Crippen molar-refractivity contribution in [3.05, 3.63) is 288 Å². The first-order chi connectivity index (χ1) is 42.4. The zero-order valence-electron chi connectivity index (χ0n) is 47.9. The summed E-state index contributed by atoms with van der Waals surface area (Å²) in [5.74, 6) is -1.15. The van der Waals surface area contributed by atoms with E-state index in [1.165, 1.54) is 19.3 Å². The highest BCUT2D eigenvalue weighted by Gasteiger charge is 2.31. The molecule has 0 atom stereocenters. The van der Waals surface area contributed by atoms with Gasteiger partial charge < -0.3 is 9.47 Å². The number of carbonyl (C=O) groups excluding carboxylic acids is 2. The van der Waals surface area contributed by atoms with Crippen LogP contribution in [0.2, 0.25) is 0 Å². The molecule has 0 aliphatic heterocycles. The lowest BCUT2D eigenvalue weighted by atomic mass is 10.0. The molecule has 12 aromatic carbocycles. The fourth-order valence-electron chi connectivity index (χ4n) is 12.3. The summed E-state index contributed by atoms with van der Waals surface area (Å²) in [6, 6.07) is 86.8. The molecule has 86 heavy (non-hydrogen) atoms. The molecule has 2 aliphatic carbocycles. The van der Waals surface area contributed by atoms with Crippen molar-refractivity contribution in [3.8, 4) is 22.3 Å². The maximum atomic E-state index is 14.6. The van der Waals surface area contributed by atoms with Gasteiger partial charge >= 0.3 is 11.9 Å². The molecule has 2 aliphatic rings. The average molecular weight is 1120 g/mol. The van der Waals surface area contributed by atoms with Gasteiger partial charge in [-0.3, -0.25) is 0 Å². The van der Waals surface area contributed by atoms with E-state index in [-0.39, 0.29) is 0 Å². The fourth-order valence-corrected chi connectivity index (χ4v) is 12.3. The summed E-state index contributed by atoms with van der Waals surface area (Å²) in [5, 5.41) is 24.1. The molecule has 0 spiro atoms. The molecule has 0 saturated carbocycles. The first kappa shape index (κ1) is 53.6. The Labute approximate surface area is 500 Å². The van der Waals surface area contributed by atoms with Gasteiger partial charge in [-0.05, 0) is 145 Å². The number of benzene rings is 12. The molecular weight excluding hydrogens is 1060 g/mol. The number of carbonyl (C=O) groups is 2. The van der Waals surface area contributed by atoms with Crippen LogP contribution >= 0.6 is 0 Å². The summed E-state index contributed by atoms with van der Waals surface area (Å²) in [7, 11) is 0. The molecule has 0 heterocycles. The van der Waals surface area contributed by atoms with Crippen LogP contribution in [0.15, 0.2) is 265 Å². The van der Waals surface area contributed by atoms with Crippen molar-refractivity contribution in [3.63, 3.8) is 0 Å². The van der Waals surface area contributed by atoms with Crippen LogP contribution in [0.4, 0.5) is 22.7 Å². The van der Waals surface area contributed by atoms with E-state index in [4.69, 9.17) is 19.7 Å². The van der Waals surface area contributed by atoms with E-state index in [1.807, 2.05) is 58.5 Å². The van der Waals surface area contributed by atoms with E-state index in [9.17, 15) is 9.59 Å². The van der Waals surface area contributed by atoms with Gasteiger partial charge in [0.25, 0.3) is 0 Å². The molecule has 14 rings (SSSR count). The van der Waals surface area contributed by atoms with Crippen LogP contribution in [0, 0.1) is 0 Å². The summed E-state index contributed by atoms with van der Waals surface area (Å²) in [6.07, 6.45) is 6.62. The number of unbranched alkanes of at least 4 members (excludes halogenated alkanes) is 6. The Morgan fingerprint density at radius 1 is 0.326 bits per heavy atom. The second-order valence-corrected chi connectivity index (χ2v) is 22.4. The molecule has 0 bridgehead atoms. The maximum absolute atomic E-state index is 14.6. The normalized spacial score (nSPS) is 13.1. The topological polar surface area (TPSA) is 83.8 Å². The van der Waals surface area contributed by atoms with Crippen LogP contribution in [-0.2, 0) is 9.47 Å². The van der Waals surface area contributed by atoms with Gasteiger partial charge in [0.2, 0.25) is 6.29 Å². The Hall–Kier alpha value is -10.4. The fraction of sp³-hybridized carbons (Fsp3) is 0.128. The minimum absolute atomic E-state index is 0.351. The van der Waals surface area contributed by atoms with Crippen molar-refractivity contribution in [2.45, 2.75) is 64.6 Å². The Bertz CT molecular complexity index is 4210. The van der Waals surface area contributed by atoms with Crippen molar-refractivity contribution in [2.24, 2.45) is 10.2 Å². The lowest BCUT2D eigenvalue weighted by molar-refractivity contribution is -0.0838. The molecule has 8 heteroatoms. The molecule has 12 aromatic rings. The predicted octanol–water partition coefficient (Wildman–Crippen LogP) is 19.9. The number of anilines is 4. The monoisotopic (exact) mass is 1120 g/mol. The third-order valence-electron chi connectivity index (χ3n) is 16.8. The SMILES string of the molecule is CCCCCCCCCC(OC(=O)c1ccc2c(c1)-c1ccccc1/C2=N\N(c1ccc2ccccc2c1)c1ccc2ccccc2c1)OC(=O)c1ccc2c(c1)-c1ccccc1/C2=N\N(c1ccc2ccccc2c1)c1ccc2ccccc2c1. The van der Waals surface area contributed by atoms with Gasteiger partial charge in [-0.2, -0.15) is 10.2 Å². The number of rotatable bonds is 18. The third kappa shape index (κ3) is 10.7. The Balaban J connectivity index is 0.770. The van der Waals surface area contributed by atoms with Crippen molar-refractivity contribution in [1.29, 1.82) is 0 Å². The molecule has 0 fully saturated rings. The van der Waals surface area contributed by atoms with Crippen LogP contribution in [0.3, 0.4) is 0 Å². The minimum Gasteiger partial charge on any atom is -0.422 e. The van der Waals surface area contributed by atoms with Crippen LogP contribution in [-0.4, -0.2) is 29.7 Å². The van der Waals surface area contributed by atoms with Gasteiger partial charge in [0.05, 0.1) is 45.3 Å². The van der Waals surface area contributed by atoms with Crippen LogP contribution in [0.1, 0.15) is 101 Å². The Kier molecular flexibility index (Phi) is 14.7. The zero-order valence-corrected chi connectivity index (χ0v) is 47.9. The van der Waals surface area contributed by atoms with Gasteiger partial charge in [-0.1, -0.05) is 227 Å². The molecular formula is C78H62N4O4. The molecule has 0 aromatic heterocycles. The second-order valence-electron chi connectivity index (χ2n) is 22.4. The van der Waals surface area contributed by atoms with E-state index in [2.05, 4.69) is 201 Å². The van der Waals surface area contributed by atoms with E-state index in [0.717, 1.165) is 147 Å². The summed E-state index contributed by atoms with van der Waals surface area (Å²) >= 11 is 0. The zero-order chi connectivity index (χ0) is 57.9. The number of hydrogen-bond acceptors (Lipinski definition) is 8. The summed E-state index contributed by atoms with van der Waals surface area (Å²) in [4.78, 5) is 29.2. The molecule has 418 valence electrons. The quantitative estimate of drug-likeness (QED) is 0.0368. The number of ether oxygens (including phenoxy) is 2. The predicted molar refractivity (Wildman–Crippen MR) is 352 cm³/mol. The van der Waals surface area contributed by atoms with Gasteiger partial charge in [0, 0.05) is 28.7 Å². The Morgan fingerprint density at radius 3 is 1.01 bits per heavy atom. The highest BCUT2D eigenvalue weighted by molar-refractivity contribution is 6.26. The van der Waals surface area contributed by atoms with Crippen molar-refractivity contribution in [2.75, 3.05) is 10.0 Å². The minimum atomic E-state index is -1.13. The van der Waals surface area contributed by atoms with Gasteiger partial charge in [-0.15, -0.1) is 0 Å². The first-order valence-corrected chi connectivity index (χ1v) is 30.0. The van der Waals surface area contributed by atoms with Crippen LogP contribution in [0.25, 0.3) is 65.3 Å². The van der Waals surface area contributed by atoms with Crippen LogP contribution in [0.5, 0.6) is 0 Å². The van der Waals surface area contributed by atoms with E-state index in [1.54, 1.807) is 12.1 Å². The number of fused-ring (bicyclic) bond motifs is 10. The molecule has 8 nitrogen and oxygen atoms in total. The van der Waals surface area contributed by atoms with Gasteiger partial charge in [0.15, 0.2) is 0 Å². The molecule has 0 N–H and O–H groups in total. The summed E-state index contributed by atoms with van der Waals surface area (Å²) in [6.45, 7) is 2.22. The second kappa shape index (κ2) is 23.7. The molecule has 0 saturated heterocycles. The number of esters is 2. The standard InChI is InChI=1S/C78H62N4O4/c1-2-3-4-5-6-7-8-33-74(85-77(83)60-38-44-70-72(50-60)66-29-17-19-31-68(66)75(70)79-81(62-40-34-52-21-9-13-25-56(52)46-62)63-41-35-53-22-10-14-26-57(53)47-63)86-78(84)61-39-45-71-73(51-61)67-30-18-20-32-69(67)76(71)80-82(64-42-36-54-23-11-15-27-58(54)48-64)65-43-37-55-24-12-16-28-59(55)49-65/h9-32,34-51,74H,2-8,33H2,1H3/b79-75+,80-76+. The van der Waals surface area contributed by atoms with Gasteiger partial charge in [-0.25, -0.2) is 19.6 Å². The average Bonchev–Trinajstić information content (AvgIpc) is 2.76. The number of nitrogens with zero attached hydrogens (tertiary/aromatic N) is 4. The van der Waals surface area contributed by atoms with Gasteiger partial charge in [0.1, 0.15) is 0 Å². The van der Waals surface area contributed by atoms with E-state index < -0.39 is 18.2 Å². The Morgan fingerprint density at radius 2 is 0.640 bits per heavy atom. The highest BCUT2D eigenvalue weighted by atomic mass is 16.7. The number of hydrazone groups is 2. The first-order valence-electron chi connectivity index (χ1n) is 30.0. The van der Waals surface area contributed by atoms with Crippen molar-refractivity contribution in [1.82, 2.24) is 0 Å². The lowest BCUT2D eigenvalue weighted by Crippen LogP contribution is -2.25. The van der Waals surface area contributed by atoms with Crippen molar-refractivity contribution < 1.29 is 19.1 Å². The lowest BCUT2D eigenvalue weighted by Gasteiger charge is -2.22. The smallest absolute Gasteiger partial charge is 0.341 e.